The number of nitrogens with two attached hydrogens (primary N) is 1. The molecular formula is C13H23N3O2. The van der Waals surface area contributed by atoms with Crippen LogP contribution in [0, 0.1) is 0 Å². The first-order valence-electron chi connectivity index (χ1n) is 6.90. The lowest BCUT2D eigenvalue weighted by molar-refractivity contribution is -0.133. The molecule has 5 nitrogen and oxygen atoms in total. The van der Waals surface area contributed by atoms with Crippen LogP contribution in [-0.2, 0) is 9.59 Å². The van der Waals surface area contributed by atoms with Crippen molar-refractivity contribution in [1.29, 1.82) is 0 Å². The Balaban J connectivity index is 1.81. The van der Waals surface area contributed by atoms with E-state index in [2.05, 4.69) is 10.2 Å². The van der Waals surface area contributed by atoms with Crippen molar-refractivity contribution in [2.45, 2.75) is 63.6 Å². The van der Waals surface area contributed by atoms with E-state index in [0.29, 0.717) is 12.1 Å². The topological polar surface area (TPSA) is 75.4 Å². The number of amides is 2. The highest BCUT2D eigenvalue weighted by Gasteiger charge is 2.37. The highest BCUT2D eigenvalue weighted by atomic mass is 16.2. The minimum atomic E-state index is -0.0796. The molecule has 2 amide bonds. The highest BCUT2D eigenvalue weighted by molar-refractivity contribution is 5.78. The van der Waals surface area contributed by atoms with Crippen LogP contribution in [0.15, 0.2) is 0 Å². The van der Waals surface area contributed by atoms with Crippen molar-refractivity contribution in [1.82, 2.24) is 10.2 Å². The number of nitrogens with zero attached hydrogens (tertiary/aromatic N) is 1. The zero-order valence-corrected chi connectivity index (χ0v) is 11.0. The summed E-state index contributed by atoms with van der Waals surface area (Å²) in [6.45, 7) is 1.72. The van der Waals surface area contributed by atoms with Gasteiger partial charge in [0.25, 0.3) is 0 Å². The zero-order valence-electron chi connectivity index (χ0n) is 11.0. The van der Waals surface area contributed by atoms with Crippen LogP contribution < -0.4 is 11.1 Å². The fraction of sp³-hybridized carbons (Fsp3) is 0.846. The summed E-state index contributed by atoms with van der Waals surface area (Å²) in [7, 11) is 0. The van der Waals surface area contributed by atoms with E-state index in [0.717, 1.165) is 38.5 Å². The number of hydrogen-bond donors (Lipinski definition) is 2. The monoisotopic (exact) mass is 253 g/mol. The lowest BCUT2D eigenvalue weighted by Gasteiger charge is -2.36. The lowest BCUT2D eigenvalue weighted by atomic mass is 9.90. The molecule has 0 radical (unpaired) electrons. The van der Waals surface area contributed by atoms with Gasteiger partial charge >= 0.3 is 0 Å². The fourth-order valence-corrected chi connectivity index (χ4v) is 2.95. The van der Waals surface area contributed by atoms with Gasteiger partial charge in [0.15, 0.2) is 0 Å². The second-order valence-corrected chi connectivity index (χ2v) is 5.43. The molecule has 0 bridgehead atoms. The predicted molar refractivity (Wildman–Crippen MR) is 68.8 cm³/mol. The molecule has 2 fully saturated rings. The first kappa shape index (κ1) is 13.3. The molecule has 3 N–H and O–H groups in total. The third kappa shape index (κ3) is 3.22. The number of rotatable bonds is 4. The Bertz CT molecular complexity index is 320. The van der Waals surface area contributed by atoms with Gasteiger partial charge in [0.05, 0.1) is 6.54 Å². The molecule has 2 rings (SSSR count). The van der Waals surface area contributed by atoms with Gasteiger partial charge in [-0.1, -0.05) is 0 Å². The lowest BCUT2D eigenvalue weighted by Crippen LogP contribution is -2.47. The summed E-state index contributed by atoms with van der Waals surface area (Å²) in [4.78, 5) is 25.0. The predicted octanol–water partition coefficient (Wildman–Crippen LogP) is 0.383. The average molecular weight is 253 g/mol. The SMILES string of the molecule is CC(=O)N(C1CCC(NC(=O)CN)CC1)C1CC1. The first-order valence-corrected chi connectivity index (χ1v) is 6.90. The Morgan fingerprint density at radius 1 is 1.11 bits per heavy atom. The second-order valence-electron chi connectivity index (χ2n) is 5.43. The Morgan fingerprint density at radius 3 is 2.00 bits per heavy atom. The van der Waals surface area contributed by atoms with E-state index in [1.54, 1.807) is 6.92 Å². The third-order valence-electron chi connectivity index (χ3n) is 3.94. The Kier molecular flexibility index (Phi) is 4.22. The maximum Gasteiger partial charge on any atom is 0.233 e. The van der Waals surface area contributed by atoms with Crippen LogP contribution in [-0.4, -0.2) is 41.4 Å². The minimum Gasteiger partial charge on any atom is -0.352 e. The van der Waals surface area contributed by atoms with Gasteiger partial charge < -0.3 is 16.0 Å². The molecule has 0 aromatic rings. The summed E-state index contributed by atoms with van der Waals surface area (Å²) >= 11 is 0. The van der Waals surface area contributed by atoms with Crippen molar-refractivity contribution in [3.8, 4) is 0 Å². The molecule has 0 spiro atoms. The maximum atomic E-state index is 11.7. The smallest absolute Gasteiger partial charge is 0.233 e. The highest BCUT2D eigenvalue weighted by Crippen LogP contribution is 2.33. The minimum absolute atomic E-state index is 0.0571. The van der Waals surface area contributed by atoms with Gasteiger partial charge in [-0.3, -0.25) is 9.59 Å². The largest absolute Gasteiger partial charge is 0.352 e. The molecule has 0 heterocycles. The normalized spacial score (nSPS) is 27.7. The summed E-state index contributed by atoms with van der Waals surface area (Å²) < 4.78 is 0. The van der Waals surface area contributed by atoms with Gasteiger partial charge in [0.2, 0.25) is 11.8 Å². The fourth-order valence-electron chi connectivity index (χ4n) is 2.95. The van der Waals surface area contributed by atoms with Crippen LogP contribution in [0.25, 0.3) is 0 Å². The van der Waals surface area contributed by atoms with Gasteiger partial charge in [-0.05, 0) is 38.5 Å². The summed E-state index contributed by atoms with van der Waals surface area (Å²) in [5.74, 6) is 0.121. The third-order valence-corrected chi connectivity index (χ3v) is 3.94. The zero-order chi connectivity index (χ0) is 13.1. The number of hydrogen-bond acceptors (Lipinski definition) is 3. The quantitative estimate of drug-likeness (QED) is 0.760. The second kappa shape index (κ2) is 5.69. The van der Waals surface area contributed by atoms with Crippen LogP contribution >= 0.6 is 0 Å². The number of carbonyl (C=O) groups is 2. The summed E-state index contributed by atoms with van der Waals surface area (Å²) in [6, 6.07) is 1.11. The molecule has 5 heteroatoms. The van der Waals surface area contributed by atoms with Gasteiger partial charge in [-0.2, -0.15) is 0 Å². The molecule has 0 unspecified atom stereocenters. The standard InChI is InChI=1S/C13H23N3O2/c1-9(17)16(12-6-7-12)11-4-2-10(3-5-11)15-13(18)8-14/h10-12H,2-8,14H2,1H3,(H,15,18). The Labute approximate surface area is 108 Å². The Hall–Kier alpha value is -1.10. The number of nitrogens with one attached hydrogen (secondary N) is 1. The van der Waals surface area contributed by atoms with E-state index in [1.807, 2.05) is 0 Å². The van der Waals surface area contributed by atoms with E-state index >= 15 is 0 Å². The summed E-state index contributed by atoms with van der Waals surface area (Å²) in [5, 5.41) is 2.93. The van der Waals surface area contributed by atoms with Crippen LogP contribution in [0.2, 0.25) is 0 Å². The molecule has 0 atom stereocenters. The molecule has 2 saturated carbocycles. The van der Waals surface area contributed by atoms with E-state index in [-0.39, 0.29) is 24.4 Å². The van der Waals surface area contributed by atoms with Crippen LogP contribution in [0.1, 0.15) is 45.4 Å². The molecule has 0 saturated heterocycles. The molecule has 18 heavy (non-hydrogen) atoms. The molecule has 2 aliphatic rings. The van der Waals surface area contributed by atoms with E-state index in [4.69, 9.17) is 5.73 Å². The van der Waals surface area contributed by atoms with Crippen LogP contribution in [0.3, 0.4) is 0 Å². The maximum absolute atomic E-state index is 11.7. The van der Waals surface area contributed by atoms with E-state index in [1.165, 1.54) is 0 Å². The average Bonchev–Trinajstić information content (AvgIpc) is 3.15. The van der Waals surface area contributed by atoms with E-state index < -0.39 is 0 Å². The van der Waals surface area contributed by atoms with Gasteiger partial charge in [-0.15, -0.1) is 0 Å². The van der Waals surface area contributed by atoms with Gasteiger partial charge in [0.1, 0.15) is 0 Å². The Morgan fingerprint density at radius 2 is 1.61 bits per heavy atom. The van der Waals surface area contributed by atoms with Crippen LogP contribution in [0.4, 0.5) is 0 Å². The van der Waals surface area contributed by atoms with Crippen molar-refractivity contribution in [3.05, 3.63) is 0 Å². The molecule has 102 valence electrons. The van der Waals surface area contributed by atoms with E-state index in [9.17, 15) is 9.59 Å². The molecular weight excluding hydrogens is 230 g/mol. The van der Waals surface area contributed by atoms with Gasteiger partial charge in [-0.25, -0.2) is 0 Å². The van der Waals surface area contributed by atoms with Crippen molar-refractivity contribution in [2.75, 3.05) is 6.54 Å². The van der Waals surface area contributed by atoms with Crippen molar-refractivity contribution < 1.29 is 9.59 Å². The van der Waals surface area contributed by atoms with Crippen molar-refractivity contribution in [3.63, 3.8) is 0 Å². The first-order chi connectivity index (χ1) is 8.61. The molecule has 0 aromatic heterocycles. The summed E-state index contributed by atoms with van der Waals surface area (Å²) in [6.07, 6.45) is 6.20. The molecule has 0 aromatic carbocycles. The van der Waals surface area contributed by atoms with Gasteiger partial charge in [0, 0.05) is 25.0 Å². The van der Waals surface area contributed by atoms with Crippen molar-refractivity contribution >= 4 is 11.8 Å². The molecule has 2 aliphatic carbocycles. The molecule has 0 aliphatic heterocycles. The van der Waals surface area contributed by atoms with Crippen molar-refractivity contribution in [2.24, 2.45) is 5.73 Å². The number of carbonyl (C=O) groups excluding carboxylic acids is 2. The van der Waals surface area contributed by atoms with Crippen LogP contribution in [0.5, 0.6) is 0 Å². The summed E-state index contributed by atoms with van der Waals surface area (Å²) in [5.41, 5.74) is 5.29.